The van der Waals surface area contributed by atoms with Crippen molar-refractivity contribution in [2.75, 3.05) is 0 Å². The minimum absolute atomic E-state index is 0.321. The smallest absolute Gasteiger partial charge is 0.243 e. The summed E-state index contributed by atoms with van der Waals surface area (Å²) in [5.41, 5.74) is 3.59. The van der Waals surface area contributed by atoms with Crippen LogP contribution in [0.15, 0.2) is 36.5 Å². The van der Waals surface area contributed by atoms with Gasteiger partial charge in [-0.25, -0.2) is 5.48 Å². The van der Waals surface area contributed by atoms with Gasteiger partial charge in [0.15, 0.2) is 0 Å². The van der Waals surface area contributed by atoms with Gasteiger partial charge < -0.3 is 0 Å². The van der Waals surface area contributed by atoms with E-state index in [1.54, 1.807) is 5.48 Å². The van der Waals surface area contributed by atoms with Crippen LogP contribution in [0.3, 0.4) is 0 Å². The average Bonchev–Trinajstić information content (AvgIpc) is 3.00. The summed E-state index contributed by atoms with van der Waals surface area (Å²) in [6.07, 6.45) is 6.11. The number of hydrogen-bond donors (Lipinski definition) is 2. The summed E-state index contributed by atoms with van der Waals surface area (Å²) in [7, 11) is 0. The Morgan fingerprint density at radius 1 is 1.14 bits per heavy atom. The standard InChI is InChI=1S/C15H20N4O2/c20-15(17-21)10-6-1-2-7-11-19-12-14(16-18-19)13-8-4-3-5-9-13/h3-5,8-9,12,21H,1-2,6-7,10-11H2,(H,17,20). The van der Waals surface area contributed by atoms with E-state index in [9.17, 15) is 4.79 Å². The second kappa shape index (κ2) is 8.16. The topological polar surface area (TPSA) is 80.0 Å². The van der Waals surface area contributed by atoms with E-state index in [1.807, 2.05) is 41.2 Å². The molecule has 6 heteroatoms. The van der Waals surface area contributed by atoms with Crippen LogP contribution < -0.4 is 5.48 Å². The number of unbranched alkanes of at least 4 members (excludes halogenated alkanes) is 3. The Morgan fingerprint density at radius 3 is 2.67 bits per heavy atom. The number of amides is 1. The van der Waals surface area contributed by atoms with E-state index >= 15 is 0 Å². The zero-order valence-corrected chi connectivity index (χ0v) is 11.9. The van der Waals surface area contributed by atoms with Crippen LogP contribution in [-0.2, 0) is 11.3 Å². The predicted molar refractivity (Wildman–Crippen MR) is 78.5 cm³/mol. The molecule has 0 saturated carbocycles. The molecule has 0 aliphatic heterocycles. The third kappa shape index (κ3) is 5.00. The number of nitrogens with zero attached hydrogens (tertiary/aromatic N) is 3. The van der Waals surface area contributed by atoms with Gasteiger partial charge in [0.2, 0.25) is 5.91 Å². The maximum Gasteiger partial charge on any atom is 0.243 e. The van der Waals surface area contributed by atoms with Gasteiger partial charge in [-0.05, 0) is 12.8 Å². The number of rotatable bonds is 8. The molecule has 0 fully saturated rings. The number of aromatic nitrogens is 3. The maximum atomic E-state index is 10.8. The number of carbonyl (C=O) groups is 1. The number of hydrogen-bond acceptors (Lipinski definition) is 4. The van der Waals surface area contributed by atoms with Crippen molar-refractivity contribution in [1.82, 2.24) is 20.5 Å². The number of aryl methyl sites for hydroxylation is 1. The fourth-order valence-electron chi connectivity index (χ4n) is 2.12. The molecule has 1 amide bonds. The lowest BCUT2D eigenvalue weighted by Gasteiger charge is -2.01. The second-order valence-electron chi connectivity index (χ2n) is 4.93. The highest BCUT2D eigenvalue weighted by Gasteiger charge is 2.03. The normalized spacial score (nSPS) is 10.5. The average molecular weight is 288 g/mol. The van der Waals surface area contributed by atoms with Crippen molar-refractivity contribution in [2.24, 2.45) is 0 Å². The minimum Gasteiger partial charge on any atom is -0.289 e. The van der Waals surface area contributed by atoms with Crippen LogP contribution in [0.25, 0.3) is 11.3 Å². The van der Waals surface area contributed by atoms with Crippen molar-refractivity contribution in [3.05, 3.63) is 36.5 Å². The zero-order valence-electron chi connectivity index (χ0n) is 11.9. The first-order valence-corrected chi connectivity index (χ1v) is 7.18. The fourth-order valence-corrected chi connectivity index (χ4v) is 2.12. The first kappa shape index (κ1) is 15.2. The lowest BCUT2D eigenvalue weighted by Crippen LogP contribution is -2.17. The first-order chi connectivity index (χ1) is 10.3. The van der Waals surface area contributed by atoms with Gasteiger partial charge in [-0.15, -0.1) is 5.10 Å². The Bertz CT molecular complexity index is 554. The Morgan fingerprint density at radius 2 is 1.90 bits per heavy atom. The lowest BCUT2D eigenvalue weighted by atomic mass is 10.1. The molecule has 0 aliphatic rings. The molecule has 2 N–H and O–H groups in total. The van der Waals surface area contributed by atoms with E-state index < -0.39 is 0 Å². The van der Waals surface area contributed by atoms with Crippen LogP contribution in [0.4, 0.5) is 0 Å². The molecule has 0 aliphatic carbocycles. The van der Waals surface area contributed by atoms with Crippen molar-refractivity contribution < 1.29 is 10.0 Å². The van der Waals surface area contributed by atoms with Crippen molar-refractivity contribution in [1.29, 1.82) is 0 Å². The van der Waals surface area contributed by atoms with E-state index in [-0.39, 0.29) is 5.91 Å². The quantitative estimate of drug-likeness (QED) is 0.444. The third-order valence-corrected chi connectivity index (χ3v) is 3.27. The Balaban J connectivity index is 1.68. The Hall–Kier alpha value is -2.21. The van der Waals surface area contributed by atoms with Gasteiger partial charge in [0.05, 0.1) is 6.20 Å². The summed E-state index contributed by atoms with van der Waals surface area (Å²) in [5, 5.41) is 16.7. The monoisotopic (exact) mass is 288 g/mol. The molecule has 1 heterocycles. The van der Waals surface area contributed by atoms with E-state index in [0.717, 1.165) is 43.5 Å². The summed E-state index contributed by atoms with van der Waals surface area (Å²) in [4.78, 5) is 10.8. The van der Waals surface area contributed by atoms with Gasteiger partial charge in [0.25, 0.3) is 0 Å². The number of nitrogens with one attached hydrogen (secondary N) is 1. The SMILES string of the molecule is O=C(CCCCCCn1cc(-c2ccccc2)nn1)NO. The molecule has 21 heavy (non-hydrogen) atoms. The Labute approximate surface area is 123 Å². The number of carbonyl (C=O) groups excluding carboxylic acids is 1. The second-order valence-corrected chi connectivity index (χ2v) is 4.93. The first-order valence-electron chi connectivity index (χ1n) is 7.18. The van der Waals surface area contributed by atoms with Crippen molar-refractivity contribution in [3.8, 4) is 11.3 Å². The molecule has 0 spiro atoms. The van der Waals surface area contributed by atoms with Gasteiger partial charge in [-0.2, -0.15) is 0 Å². The zero-order chi connectivity index (χ0) is 14.9. The predicted octanol–water partition coefficient (Wildman–Crippen LogP) is 2.40. The van der Waals surface area contributed by atoms with Crippen LogP contribution >= 0.6 is 0 Å². The molecule has 1 aromatic carbocycles. The molecule has 0 bridgehead atoms. The number of benzene rings is 1. The highest BCUT2D eigenvalue weighted by atomic mass is 16.5. The summed E-state index contributed by atoms with van der Waals surface area (Å²) < 4.78 is 1.85. The van der Waals surface area contributed by atoms with Crippen LogP contribution in [0, 0.1) is 0 Å². The molecule has 2 aromatic rings. The highest BCUT2D eigenvalue weighted by molar-refractivity contribution is 5.74. The molecular weight excluding hydrogens is 268 g/mol. The minimum atomic E-state index is -0.321. The van der Waals surface area contributed by atoms with E-state index in [2.05, 4.69) is 10.3 Å². The van der Waals surface area contributed by atoms with Gasteiger partial charge >= 0.3 is 0 Å². The van der Waals surface area contributed by atoms with E-state index in [0.29, 0.717) is 6.42 Å². The summed E-state index contributed by atoms with van der Waals surface area (Å²) in [6.45, 7) is 0.825. The fraction of sp³-hybridized carbons (Fsp3) is 0.400. The van der Waals surface area contributed by atoms with Crippen LogP contribution in [0.5, 0.6) is 0 Å². The van der Waals surface area contributed by atoms with Gasteiger partial charge in [0.1, 0.15) is 5.69 Å². The summed E-state index contributed by atoms with van der Waals surface area (Å²) >= 11 is 0. The van der Waals surface area contributed by atoms with Crippen molar-refractivity contribution in [3.63, 3.8) is 0 Å². The lowest BCUT2D eigenvalue weighted by molar-refractivity contribution is -0.129. The summed E-state index contributed by atoms with van der Waals surface area (Å²) in [6, 6.07) is 9.97. The largest absolute Gasteiger partial charge is 0.289 e. The number of hydroxylamine groups is 1. The van der Waals surface area contributed by atoms with Gasteiger partial charge in [-0.1, -0.05) is 48.4 Å². The molecule has 2 rings (SSSR count). The molecule has 0 saturated heterocycles. The molecular formula is C15H20N4O2. The van der Waals surface area contributed by atoms with Gasteiger partial charge in [-0.3, -0.25) is 14.7 Å². The van der Waals surface area contributed by atoms with Gasteiger partial charge in [0, 0.05) is 18.5 Å². The van der Waals surface area contributed by atoms with Crippen LogP contribution in [-0.4, -0.2) is 26.1 Å². The van der Waals surface area contributed by atoms with Crippen molar-refractivity contribution in [2.45, 2.75) is 38.6 Å². The van der Waals surface area contributed by atoms with E-state index in [4.69, 9.17) is 5.21 Å². The van der Waals surface area contributed by atoms with E-state index in [1.165, 1.54) is 0 Å². The van der Waals surface area contributed by atoms with Crippen LogP contribution in [0.2, 0.25) is 0 Å². The molecule has 0 radical (unpaired) electrons. The Kier molecular flexibility index (Phi) is 5.90. The summed E-state index contributed by atoms with van der Waals surface area (Å²) in [5.74, 6) is -0.321. The third-order valence-electron chi connectivity index (χ3n) is 3.27. The molecule has 0 atom stereocenters. The highest BCUT2D eigenvalue weighted by Crippen LogP contribution is 2.15. The maximum absolute atomic E-state index is 10.8. The molecule has 1 aromatic heterocycles. The molecule has 6 nitrogen and oxygen atoms in total. The van der Waals surface area contributed by atoms with Crippen molar-refractivity contribution >= 4 is 5.91 Å². The molecule has 112 valence electrons. The van der Waals surface area contributed by atoms with Crippen LogP contribution in [0.1, 0.15) is 32.1 Å². The molecule has 0 unspecified atom stereocenters.